The van der Waals surface area contributed by atoms with Crippen molar-refractivity contribution in [3.05, 3.63) is 38.9 Å². The number of rotatable bonds is 3. The van der Waals surface area contributed by atoms with Crippen molar-refractivity contribution in [2.45, 2.75) is 6.61 Å². The summed E-state index contributed by atoms with van der Waals surface area (Å²) in [5.41, 5.74) is 7.84. The van der Waals surface area contributed by atoms with E-state index < -0.39 is 0 Å². The summed E-state index contributed by atoms with van der Waals surface area (Å²) in [6, 6.07) is 8.22. The first-order chi connectivity index (χ1) is 9.70. The number of thiophene rings is 1. The van der Waals surface area contributed by atoms with E-state index >= 15 is 0 Å². The van der Waals surface area contributed by atoms with E-state index in [4.69, 9.17) is 10.5 Å². The van der Waals surface area contributed by atoms with Crippen molar-refractivity contribution in [2.24, 2.45) is 0 Å². The zero-order valence-electron chi connectivity index (χ0n) is 10.8. The van der Waals surface area contributed by atoms with Gasteiger partial charge in [-0.05, 0) is 28.7 Å². The number of methoxy groups -OCH3 is 1. The van der Waals surface area contributed by atoms with Crippen molar-refractivity contribution < 1.29 is 4.74 Å². The molecule has 0 saturated carbocycles. The van der Waals surface area contributed by atoms with Crippen molar-refractivity contribution in [1.82, 2.24) is 9.97 Å². The molecule has 0 saturated heterocycles. The maximum absolute atomic E-state index is 5.99. The fourth-order valence-corrected chi connectivity index (χ4v) is 3.35. The molecule has 0 fully saturated rings. The molecule has 2 heterocycles. The van der Waals surface area contributed by atoms with Crippen molar-refractivity contribution in [1.29, 1.82) is 0 Å². The summed E-state index contributed by atoms with van der Waals surface area (Å²) in [5.74, 6) is 1.16. The van der Waals surface area contributed by atoms with E-state index in [1.807, 2.05) is 12.1 Å². The first-order valence-corrected chi connectivity index (χ1v) is 7.94. The normalized spacial score (nSPS) is 11.1. The van der Waals surface area contributed by atoms with Crippen LogP contribution in [0.15, 0.2) is 29.6 Å². The van der Waals surface area contributed by atoms with Crippen LogP contribution in [0.1, 0.15) is 5.69 Å². The van der Waals surface area contributed by atoms with Gasteiger partial charge < -0.3 is 10.5 Å². The van der Waals surface area contributed by atoms with Gasteiger partial charge in [-0.25, -0.2) is 9.97 Å². The highest BCUT2D eigenvalue weighted by molar-refractivity contribution is 14.1. The molecule has 0 bridgehead atoms. The number of fused-ring (bicyclic) bond motifs is 1. The molecule has 20 heavy (non-hydrogen) atoms. The molecule has 3 aromatic rings. The zero-order valence-corrected chi connectivity index (χ0v) is 13.7. The second-order valence-electron chi connectivity index (χ2n) is 4.27. The van der Waals surface area contributed by atoms with Gasteiger partial charge in [-0.2, -0.15) is 0 Å². The summed E-state index contributed by atoms with van der Waals surface area (Å²) in [6.45, 7) is 0.431. The standard InChI is InChI=1S/C14H12IN3OS/c1-19-6-10-12(15)13(16)18-14(17-10)9-7-20-11-5-3-2-4-8(9)11/h2-5,7H,6H2,1H3,(H2,16,17,18). The maximum atomic E-state index is 5.99. The summed E-state index contributed by atoms with van der Waals surface area (Å²) >= 11 is 3.84. The highest BCUT2D eigenvalue weighted by Gasteiger charge is 2.14. The summed E-state index contributed by atoms with van der Waals surface area (Å²) < 4.78 is 7.25. The lowest BCUT2D eigenvalue weighted by Gasteiger charge is -2.08. The molecule has 0 spiro atoms. The molecule has 6 heteroatoms. The molecular weight excluding hydrogens is 385 g/mol. The van der Waals surface area contributed by atoms with Gasteiger partial charge >= 0.3 is 0 Å². The van der Waals surface area contributed by atoms with Crippen LogP contribution in [0.4, 0.5) is 5.82 Å². The molecule has 102 valence electrons. The van der Waals surface area contributed by atoms with E-state index in [2.05, 4.69) is 50.1 Å². The van der Waals surface area contributed by atoms with Crippen LogP contribution in [0.25, 0.3) is 21.5 Å². The monoisotopic (exact) mass is 397 g/mol. The zero-order chi connectivity index (χ0) is 14.1. The first-order valence-electron chi connectivity index (χ1n) is 5.98. The Morgan fingerprint density at radius 1 is 1.30 bits per heavy atom. The van der Waals surface area contributed by atoms with Gasteiger partial charge in [0.15, 0.2) is 5.82 Å². The van der Waals surface area contributed by atoms with E-state index in [1.54, 1.807) is 18.4 Å². The van der Waals surface area contributed by atoms with Crippen LogP contribution in [0, 0.1) is 3.57 Å². The minimum absolute atomic E-state index is 0.431. The van der Waals surface area contributed by atoms with Crippen molar-refractivity contribution in [2.75, 3.05) is 12.8 Å². The summed E-state index contributed by atoms with van der Waals surface area (Å²) in [7, 11) is 1.65. The smallest absolute Gasteiger partial charge is 0.163 e. The van der Waals surface area contributed by atoms with Gasteiger partial charge in [0, 0.05) is 28.1 Å². The number of aromatic nitrogens is 2. The second kappa shape index (κ2) is 5.63. The largest absolute Gasteiger partial charge is 0.383 e. The van der Waals surface area contributed by atoms with Crippen molar-refractivity contribution in [3.63, 3.8) is 0 Å². The third-order valence-corrected chi connectivity index (χ3v) is 5.09. The average molecular weight is 397 g/mol. The molecule has 0 radical (unpaired) electrons. The number of nitrogen functional groups attached to an aromatic ring is 1. The first kappa shape index (κ1) is 13.7. The molecule has 0 aliphatic carbocycles. The number of nitrogens with two attached hydrogens (primary N) is 1. The fraction of sp³-hybridized carbons (Fsp3) is 0.143. The lowest BCUT2D eigenvalue weighted by Crippen LogP contribution is -2.05. The van der Waals surface area contributed by atoms with Crippen LogP contribution in [-0.4, -0.2) is 17.1 Å². The highest BCUT2D eigenvalue weighted by atomic mass is 127. The van der Waals surface area contributed by atoms with Gasteiger partial charge in [0.2, 0.25) is 0 Å². The minimum atomic E-state index is 0.431. The van der Waals surface area contributed by atoms with Gasteiger partial charge in [-0.3, -0.25) is 0 Å². The van der Waals surface area contributed by atoms with Crippen LogP contribution < -0.4 is 5.73 Å². The van der Waals surface area contributed by atoms with Crippen LogP contribution in [0.5, 0.6) is 0 Å². The molecule has 4 nitrogen and oxygen atoms in total. The lowest BCUT2D eigenvalue weighted by atomic mass is 10.1. The number of hydrogen-bond donors (Lipinski definition) is 1. The molecule has 0 aliphatic heterocycles. The van der Waals surface area contributed by atoms with E-state index in [9.17, 15) is 0 Å². The Hall–Kier alpha value is -1.25. The number of hydrogen-bond acceptors (Lipinski definition) is 5. The number of benzene rings is 1. The van der Waals surface area contributed by atoms with Crippen LogP contribution in [0.2, 0.25) is 0 Å². The molecule has 2 aromatic heterocycles. The number of nitrogens with zero attached hydrogens (tertiary/aromatic N) is 2. The lowest BCUT2D eigenvalue weighted by molar-refractivity contribution is 0.181. The van der Waals surface area contributed by atoms with Crippen LogP contribution in [-0.2, 0) is 11.3 Å². The molecule has 1 aromatic carbocycles. The molecule has 0 amide bonds. The Kier molecular flexibility index (Phi) is 3.86. The van der Waals surface area contributed by atoms with Gasteiger partial charge in [0.1, 0.15) is 5.82 Å². The van der Waals surface area contributed by atoms with E-state index in [0.717, 1.165) is 20.2 Å². The topological polar surface area (TPSA) is 61.0 Å². The van der Waals surface area contributed by atoms with Crippen molar-refractivity contribution in [3.8, 4) is 11.4 Å². The van der Waals surface area contributed by atoms with Gasteiger partial charge in [0.25, 0.3) is 0 Å². The summed E-state index contributed by atoms with van der Waals surface area (Å²) in [6.07, 6.45) is 0. The fourth-order valence-electron chi connectivity index (χ4n) is 2.02. The van der Waals surface area contributed by atoms with Crippen LogP contribution in [0.3, 0.4) is 0 Å². The van der Waals surface area contributed by atoms with E-state index in [-0.39, 0.29) is 0 Å². The number of halogens is 1. The second-order valence-corrected chi connectivity index (χ2v) is 6.26. The van der Waals surface area contributed by atoms with Crippen LogP contribution >= 0.6 is 33.9 Å². The quantitative estimate of drug-likeness (QED) is 0.685. The molecule has 2 N–H and O–H groups in total. The highest BCUT2D eigenvalue weighted by Crippen LogP contribution is 2.33. The number of anilines is 1. The third kappa shape index (κ3) is 2.38. The SMILES string of the molecule is COCc1nc(-c2csc3ccccc23)nc(N)c1I. The van der Waals surface area contributed by atoms with E-state index in [0.29, 0.717) is 18.2 Å². The van der Waals surface area contributed by atoms with Gasteiger partial charge in [-0.1, -0.05) is 18.2 Å². The van der Waals surface area contributed by atoms with Gasteiger partial charge in [-0.15, -0.1) is 11.3 Å². The van der Waals surface area contributed by atoms with Crippen molar-refractivity contribution >= 4 is 49.8 Å². The third-order valence-electron chi connectivity index (χ3n) is 2.95. The Bertz CT molecular complexity index is 772. The Morgan fingerprint density at radius 2 is 2.10 bits per heavy atom. The Balaban J connectivity index is 2.19. The van der Waals surface area contributed by atoms with E-state index in [1.165, 1.54) is 4.70 Å². The molecule has 0 atom stereocenters. The predicted molar refractivity (Wildman–Crippen MR) is 90.7 cm³/mol. The summed E-state index contributed by atoms with van der Waals surface area (Å²) in [5, 5.41) is 3.23. The molecule has 0 unspecified atom stereocenters. The molecular formula is C14H12IN3OS. The minimum Gasteiger partial charge on any atom is -0.383 e. The Morgan fingerprint density at radius 3 is 2.90 bits per heavy atom. The predicted octanol–water partition coefficient (Wildman–Crippen LogP) is 3.69. The maximum Gasteiger partial charge on any atom is 0.163 e. The Labute approximate surface area is 134 Å². The van der Waals surface area contributed by atoms with Gasteiger partial charge in [0.05, 0.1) is 15.9 Å². The number of ether oxygens (including phenoxy) is 1. The molecule has 0 aliphatic rings. The summed E-state index contributed by atoms with van der Waals surface area (Å²) in [4.78, 5) is 9.02. The molecule has 3 rings (SSSR count). The average Bonchev–Trinajstić information content (AvgIpc) is 2.88.